The van der Waals surface area contributed by atoms with Gasteiger partial charge in [-0.25, -0.2) is 0 Å². The van der Waals surface area contributed by atoms with Gasteiger partial charge in [-0.3, -0.25) is 0 Å². The van der Waals surface area contributed by atoms with Crippen molar-refractivity contribution >= 4 is 0 Å². The molecule has 0 unspecified atom stereocenters. The largest absolute Gasteiger partial charge is 0.0658 e. The molecule has 3 saturated carbocycles. The van der Waals surface area contributed by atoms with Crippen LogP contribution in [0.2, 0.25) is 0 Å². The fraction of sp³-hybridized carbons (Fsp3) is 0.429. The van der Waals surface area contributed by atoms with Crippen molar-refractivity contribution in [3.8, 4) is 0 Å². The third kappa shape index (κ3) is 3.70. The van der Waals surface area contributed by atoms with Gasteiger partial charge in [0.05, 0.1) is 0 Å². The Hall–Kier alpha value is -0.911. The Morgan fingerprint density at radius 1 is 0.364 bits per heavy atom. The van der Waals surface area contributed by atoms with E-state index in [0.717, 1.165) is 0 Å². The first kappa shape index (κ1) is 16.0. The van der Waals surface area contributed by atoms with Gasteiger partial charge >= 0.3 is 0 Å². The summed E-state index contributed by atoms with van der Waals surface area (Å²) >= 11 is 0. The molecule has 22 heavy (non-hydrogen) atoms. The van der Waals surface area contributed by atoms with Crippen molar-refractivity contribution in [2.24, 2.45) is 0 Å². The van der Waals surface area contributed by atoms with Gasteiger partial charge in [-0.05, 0) is 57.8 Å². The standard InChI is InChI=1S/3C7H8.Ir/c3*1-2-7-4-3-6(1)5-7;/h3*1-2H,3-5H2;. The molecule has 6 bridgehead atoms. The number of hydrogen-bond donors (Lipinski definition) is 0. The number of allylic oxidation sites excluding steroid dienone is 12. The quantitative estimate of drug-likeness (QED) is 0.403. The van der Waals surface area contributed by atoms with Gasteiger partial charge in [0, 0.05) is 20.1 Å². The molecule has 0 aromatic carbocycles. The number of fused-ring (bicyclic) bond motifs is 6. The summed E-state index contributed by atoms with van der Waals surface area (Å²) in [6.45, 7) is 0. The molecule has 0 atom stereocenters. The first-order valence-electron chi connectivity index (χ1n) is 8.47. The summed E-state index contributed by atoms with van der Waals surface area (Å²) in [5.74, 6) is 0. The van der Waals surface area contributed by atoms with Gasteiger partial charge in [-0.2, -0.15) is 0 Å². The average Bonchev–Trinajstić information content (AvgIpc) is 3.39. The van der Waals surface area contributed by atoms with Crippen LogP contribution in [0.1, 0.15) is 57.8 Å². The monoisotopic (exact) mass is 469 g/mol. The van der Waals surface area contributed by atoms with E-state index in [-0.39, 0.29) is 20.1 Å². The molecule has 6 rings (SSSR count). The van der Waals surface area contributed by atoms with Gasteiger partial charge in [-0.1, -0.05) is 69.9 Å². The van der Waals surface area contributed by atoms with Crippen molar-refractivity contribution < 1.29 is 20.1 Å². The summed E-state index contributed by atoms with van der Waals surface area (Å²) < 4.78 is 0. The Kier molecular flexibility index (Phi) is 5.16. The zero-order valence-corrected chi connectivity index (χ0v) is 15.6. The molecule has 3 fully saturated rings. The topological polar surface area (TPSA) is 0 Å². The van der Waals surface area contributed by atoms with Crippen LogP contribution in [0.15, 0.2) is 69.9 Å². The predicted molar refractivity (Wildman–Crippen MR) is 90.1 cm³/mol. The molecule has 6 aliphatic carbocycles. The third-order valence-electron chi connectivity index (χ3n) is 5.33. The van der Waals surface area contributed by atoms with E-state index in [2.05, 4.69) is 36.5 Å². The Morgan fingerprint density at radius 3 is 0.591 bits per heavy atom. The zero-order valence-electron chi connectivity index (χ0n) is 13.2. The first-order valence-corrected chi connectivity index (χ1v) is 8.47. The Balaban J connectivity index is 0.0000000960. The zero-order chi connectivity index (χ0) is 14.1. The van der Waals surface area contributed by atoms with Crippen molar-refractivity contribution in [2.75, 3.05) is 0 Å². The van der Waals surface area contributed by atoms with Crippen LogP contribution in [0.3, 0.4) is 0 Å². The van der Waals surface area contributed by atoms with Crippen molar-refractivity contribution in [1.29, 1.82) is 0 Å². The van der Waals surface area contributed by atoms with E-state index in [9.17, 15) is 0 Å². The number of hydrogen-bond acceptors (Lipinski definition) is 0. The molecule has 0 N–H and O–H groups in total. The second kappa shape index (κ2) is 7.11. The average molecular weight is 469 g/mol. The van der Waals surface area contributed by atoms with Crippen LogP contribution in [0, 0.1) is 0 Å². The molecule has 0 amide bonds. The molecule has 0 spiro atoms. The molecule has 0 nitrogen and oxygen atoms in total. The predicted octanol–water partition coefficient (Wildman–Crippen LogP) is 6.11. The molecule has 0 aromatic rings. The summed E-state index contributed by atoms with van der Waals surface area (Å²) in [4.78, 5) is 0. The molecule has 0 aromatic heterocycles. The van der Waals surface area contributed by atoms with E-state index >= 15 is 0 Å². The molecule has 117 valence electrons. The SMILES string of the molecule is C1=C2CCC(=C1)C2.C1=C2CCC(=C1)C2.C1=C2CCC(=C1)C2.[Ir]. The van der Waals surface area contributed by atoms with E-state index in [4.69, 9.17) is 0 Å². The van der Waals surface area contributed by atoms with Gasteiger partial charge in [0.1, 0.15) is 0 Å². The van der Waals surface area contributed by atoms with E-state index < -0.39 is 0 Å². The summed E-state index contributed by atoms with van der Waals surface area (Å²) in [7, 11) is 0. The molecule has 0 heterocycles. The fourth-order valence-electron chi connectivity index (χ4n) is 3.93. The van der Waals surface area contributed by atoms with Gasteiger partial charge < -0.3 is 0 Å². The molecule has 0 aliphatic heterocycles. The smallest absolute Gasteiger partial charge is 0 e. The van der Waals surface area contributed by atoms with E-state index in [0.29, 0.717) is 0 Å². The fourth-order valence-corrected chi connectivity index (χ4v) is 3.93. The van der Waals surface area contributed by atoms with Gasteiger partial charge in [0.2, 0.25) is 0 Å². The van der Waals surface area contributed by atoms with Crippen LogP contribution in [0.4, 0.5) is 0 Å². The summed E-state index contributed by atoms with van der Waals surface area (Å²) in [6.07, 6.45) is 25.6. The Morgan fingerprint density at radius 2 is 0.545 bits per heavy atom. The molecular weight excluding hydrogens is 444 g/mol. The normalized spacial score (nSPS) is 24.0. The van der Waals surface area contributed by atoms with E-state index in [1.807, 2.05) is 0 Å². The van der Waals surface area contributed by atoms with E-state index in [1.54, 1.807) is 33.4 Å². The summed E-state index contributed by atoms with van der Waals surface area (Å²) in [5, 5.41) is 0. The van der Waals surface area contributed by atoms with Crippen molar-refractivity contribution in [1.82, 2.24) is 0 Å². The maximum Gasteiger partial charge on any atom is 0 e. The Labute approximate surface area is 147 Å². The minimum Gasteiger partial charge on any atom is -0.0658 e. The second-order valence-corrected chi connectivity index (χ2v) is 6.98. The van der Waals surface area contributed by atoms with Crippen molar-refractivity contribution in [3.05, 3.63) is 69.9 Å². The second-order valence-electron chi connectivity index (χ2n) is 6.98. The minimum atomic E-state index is 0. The van der Waals surface area contributed by atoms with Crippen molar-refractivity contribution in [2.45, 2.75) is 57.8 Å². The summed E-state index contributed by atoms with van der Waals surface area (Å²) in [5.41, 5.74) is 9.89. The van der Waals surface area contributed by atoms with Crippen LogP contribution in [-0.2, 0) is 20.1 Å². The summed E-state index contributed by atoms with van der Waals surface area (Å²) in [6, 6.07) is 0. The third-order valence-corrected chi connectivity index (χ3v) is 5.33. The first-order chi connectivity index (χ1) is 10.3. The maximum absolute atomic E-state index is 2.26. The van der Waals surface area contributed by atoms with Crippen LogP contribution in [-0.4, -0.2) is 0 Å². The Bertz CT molecular complexity index is 490. The van der Waals surface area contributed by atoms with Gasteiger partial charge in [-0.15, -0.1) is 0 Å². The molecular formula is C21H24Ir. The maximum atomic E-state index is 2.26. The molecule has 1 heteroatoms. The van der Waals surface area contributed by atoms with Crippen LogP contribution >= 0.6 is 0 Å². The van der Waals surface area contributed by atoms with Gasteiger partial charge in [0.25, 0.3) is 0 Å². The molecule has 0 saturated heterocycles. The van der Waals surface area contributed by atoms with Crippen molar-refractivity contribution in [3.63, 3.8) is 0 Å². The van der Waals surface area contributed by atoms with Gasteiger partial charge in [0.15, 0.2) is 0 Å². The molecule has 1 radical (unpaired) electrons. The van der Waals surface area contributed by atoms with Crippen LogP contribution < -0.4 is 0 Å². The minimum absolute atomic E-state index is 0. The molecule has 6 aliphatic rings. The van der Waals surface area contributed by atoms with Crippen LogP contribution in [0.25, 0.3) is 0 Å². The van der Waals surface area contributed by atoms with E-state index in [1.165, 1.54) is 57.8 Å². The van der Waals surface area contributed by atoms with Crippen LogP contribution in [0.5, 0.6) is 0 Å². The number of rotatable bonds is 0.